The van der Waals surface area contributed by atoms with E-state index in [0.29, 0.717) is 12.3 Å². The van der Waals surface area contributed by atoms with Gasteiger partial charge in [-0.3, -0.25) is 0 Å². The van der Waals surface area contributed by atoms with Crippen LogP contribution in [-0.2, 0) is 0 Å². The number of hydrogen-bond donors (Lipinski definition) is 2. The molecule has 0 aliphatic heterocycles. The van der Waals surface area contributed by atoms with Crippen LogP contribution >= 0.6 is 0 Å². The van der Waals surface area contributed by atoms with E-state index in [1.807, 2.05) is 43.3 Å². The maximum absolute atomic E-state index is 9.93. The van der Waals surface area contributed by atoms with Crippen LogP contribution < -0.4 is 10.2 Å². The maximum atomic E-state index is 9.93. The second kappa shape index (κ2) is 5.60. The Balaban J connectivity index is 2.02. The summed E-state index contributed by atoms with van der Waals surface area (Å²) >= 11 is 0. The molecule has 1 atom stereocenters. The van der Waals surface area contributed by atoms with Gasteiger partial charge in [-0.25, -0.2) is 0 Å². The van der Waals surface area contributed by atoms with Gasteiger partial charge in [-0.05, 0) is 24.3 Å². The van der Waals surface area contributed by atoms with Gasteiger partial charge in [0.2, 0.25) is 0 Å². The largest absolute Gasteiger partial charge is 0.467 e. The fourth-order valence-corrected chi connectivity index (χ4v) is 1.80. The van der Waals surface area contributed by atoms with Gasteiger partial charge < -0.3 is 19.7 Å². The summed E-state index contributed by atoms with van der Waals surface area (Å²) in [5, 5.41) is 13.2. The Morgan fingerprint density at radius 1 is 1.22 bits per heavy atom. The molecule has 0 amide bonds. The van der Waals surface area contributed by atoms with Crippen molar-refractivity contribution >= 4 is 11.4 Å². The van der Waals surface area contributed by atoms with Crippen LogP contribution in [0.25, 0.3) is 0 Å². The minimum atomic E-state index is -0.643. The molecule has 0 saturated heterocycles. The van der Waals surface area contributed by atoms with E-state index in [4.69, 9.17) is 4.42 Å². The summed E-state index contributed by atoms with van der Waals surface area (Å²) in [6.45, 7) is 0.415. The number of aliphatic hydroxyl groups excluding tert-OH is 1. The summed E-state index contributed by atoms with van der Waals surface area (Å²) in [5.74, 6) is 0.574. The smallest absolute Gasteiger partial charge is 0.134 e. The van der Waals surface area contributed by atoms with Gasteiger partial charge in [-0.15, -0.1) is 0 Å². The van der Waals surface area contributed by atoms with E-state index < -0.39 is 6.10 Å². The second-order valence-electron chi connectivity index (χ2n) is 4.32. The van der Waals surface area contributed by atoms with Crippen molar-refractivity contribution in [2.75, 3.05) is 30.9 Å². The number of aliphatic hydroxyl groups is 1. The SMILES string of the molecule is CN(C)c1ccccc1NCC(O)c1ccco1. The fourth-order valence-electron chi connectivity index (χ4n) is 1.80. The molecule has 0 spiro atoms. The first-order chi connectivity index (χ1) is 8.68. The lowest BCUT2D eigenvalue weighted by Gasteiger charge is -2.19. The Bertz CT molecular complexity index is 480. The highest BCUT2D eigenvalue weighted by atomic mass is 16.4. The highest BCUT2D eigenvalue weighted by molar-refractivity contribution is 5.69. The molecule has 2 aromatic rings. The van der Waals surface area contributed by atoms with Gasteiger partial charge in [0.15, 0.2) is 0 Å². The summed E-state index contributed by atoms with van der Waals surface area (Å²) in [6.07, 6.45) is 0.919. The van der Waals surface area contributed by atoms with Crippen molar-refractivity contribution in [1.29, 1.82) is 0 Å². The molecule has 0 aliphatic rings. The zero-order chi connectivity index (χ0) is 13.0. The van der Waals surface area contributed by atoms with Gasteiger partial charge in [-0.1, -0.05) is 12.1 Å². The molecule has 1 aromatic heterocycles. The number of benzene rings is 1. The van der Waals surface area contributed by atoms with Gasteiger partial charge in [0.05, 0.1) is 17.6 Å². The number of para-hydroxylation sites is 2. The van der Waals surface area contributed by atoms with E-state index in [1.165, 1.54) is 0 Å². The molecule has 1 aromatic carbocycles. The standard InChI is InChI=1S/C14H18N2O2/c1-16(2)12-7-4-3-6-11(12)15-10-13(17)14-8-5-9-18-14/h3-9,13,15,17H,10H2,1-2H3. The summed E-state index contributed by atoms with van der Waals surface area (Å²) < 4.78 is 5.16. The van der Waals surface area contributed by atoms with Crippen LogP contribution in [0, 0.1) is 0 Å². The van der Waals surface area contributed by atoms with Gasteiger partial charge in [0, 0.05) is 20.6 Å². The van der Waals surface area contributed by atoms with Crippen molar-refractivity contribution in [2.45, 2.75) is 6.10 Å². The van der Waals surface area contributed by atoms with Crippen molar-refractivity contribution in [2.24, 2.45) is 0 Å². The summed E-state index contributed by atoms with van der Waals surface area (Å²) in [4.78, 5) is 2.03. The molecule has 4 heteroatoms. The van der Waals surface area contributed by atoms with Crippen LogP contribution in [0.5, 0.6) is 0 Å². The Morgan fingerprint density at radius 3 is 2.67 bits per heavy atom. The molecule has 18 heavy (non-hydrogen) atoms. The first-order valence-corrected chi connectivity index (χ1v) is 5.90. The van der Waals surface area contributed by atoms with Crippen LogP contribution in [0.1, 0.15) is 11.9 Å². The molecule has 96 valence electrons. The van der Waals surface area contributed by atoms with Crippen LogP contribution in [0.2, 0.25) is 0 Å². The average Bonchev–Trinajstić information content (AvgIpc) is 2.90. The molecule has 2 N–H and O–H groups in total. The van der Waals surface area contributed by atoms with Crippen LogP contribution in [0.3, 0.4) is 0 Å². The summed E-state index contributed by atoms with van der Waals surface area (Å²) in [7, 11) is 3.98. The molecule has 4 nitrogen and oxygen atoms in total. The molecule has 0 radical (unpaired) electrons. The van der Waals surface area contributed by atoms with Gasteiger partial charge in [0.25, 0.3) is 0 Å². The van der Waals surface area contributed by atoms with E-state index in [2.05, 4.69) is 5.32 Å². The number of nitrogens with zero attached hydrogens (tertiary/aromatic N) is 1. The number of hydrogen-bond acceptors (Lipinski definition) is 4. The number of furan rings is 1. The Labute approximate surface area is 107 Å². The third kappa shape index (κ3) is 2.84. The van der Waals surface area contributed by atoms with Crippen molar-refractivity contribution in [3.8, 4) is 0 Å². The summed E-state index contributed by atoms with van der Waals surface area (Å²) in [6, 6.07) is 11.5. The molecule has 0 fully saturated rings. The second-order valence-corrected chi connectivity index (χ2v) is 4.32. The third-order valence-corrected chi connectivity index (χ3v) is 2.74. The Morgan fingerprint density at radius 2 is 2.00 bits per heavy atom. The third-order valence-electron chi connectivity index (χ3n) is 2.74. The van der Waals surface area contributed by atoms with E-state index in [-0.39, 0.29) is 0 Å². The molecule has 1 unspecified atom stereocenters. The van der Waals surface area contributed by atoms with Gasteiger partial charge in [0.1, 0.15) is 11.9 Å². The van der Waals surface area contributed by atoms with E-state index >= 15 is 0 Å². The molecule has 1 heterocycles. The predicted octanol–water partition coefficient (Wildman–Crippen LogP) is 2.49. The number of nitrogens with one attached hydrogen (secondary N) is 1. The maximum Gasteiger partial charge on any atom is 0.134 e. The quantitative estimate of drug-likeness (QED) is 0.851. The van der Waals surface area contributed by atoms with Crippen molar-refractivity contribution < 1.29 is 9.52 Å². The normalized spacial score (nSPS) is 12.2. The molecule has 0 saturated carbocycles. The number of anilines is 2. The highest BCUT2D eigenvalue weighted by Gasteiger charge is 2.11. The van der Waals surface area contributed by atoms with E-state index in [9.17, 15) is 5.11 Å². The Hall–Kier alpha value is -1.94. The van der Waals surface area contributed by atoms with Crippen molar-refractivity contribution in [3.05, 3.63) is 48.4 Å². The lowest BCUT2D eigenvalue weighted by Crippen LogP contribution is -2.15. The molecular formula is C14H18N2O2. The molecule has 0 aliphatic carbocycles. The van der Waals surface area contributed by atoms with Gasteiger partial charge >= 0.3 is 0 Å². The number of rotatable bonds is 5. The van der Waals surface area contributed by atoms with Crippen LogP contribution in [-0.4, -0.2) is 25.7 Å². The highest BCUT2D eigenvalue weighted by Crippen LogP contribution is 2.24. The first-order valence-electron chi connectivity index (χ1n) is 5.90. The lowest BCUT2D eigenvalue weighted by molar-refractivity contribution is 0.162. The van der Waals surface area contributed by atoms with Crippen LogP contribution in [0.15, 0.2) is 47.1 Å². The molecule has 0 bridgehead atoms. The van der Waals surface area contributed by atoms with E-state index in [1.54, 1.807) is 18.4 Å². The minimum Gasteiger partial charge on any atom is -0.467 e. The molecular weight excluding hydrogens is 228 g/mol. The van der Waals surface area contributed by atoms with Crippen molar-refractivity contribution in [1.82, 2.24) is 0 Å². The average molecular weight is 246 g/mol. The topological polar surface area (TPSA) is 48.6 Å². The predicted molar refractivity (Wildman–Crippen MR) is 72.9 cm³/mol. The zero-order valence-corrected chi connectivity index (χ0v) is 10.6. The van der Waals surface area contributed by atoms with Crippen LogP contribution in [0.4, 0.5) is 11.4 Å². The minimum absolute atomic E-state index is 0.415. The van der Waals surface area contributed by atoms with Gasteiger partial charge in [-0.2, -0.15) is 0 Å². The monoisotopic (exact) mass is 246 g/mol. The first kappa shape index (κ1) is 12.5. The van der Waals surface area contributed by atoms with Crippen molar-refractivity contribution in [3.63, 3.8) is 0 Å². The van der Waals surface area contributed by atoms with E-state index in [0.717, 1.165) is 11.4 Å². The zero-order valence-electron chi connectivity index (χ0n) is 10.6. The fraction of sp³-hybridized carbons (Fsp3) is 0.286. The summed E-state index contributed by atoms with van der Waals surface area (Å²) in [5.41, 5.74) is 2.08. The lowest BCUT2D eigenvalue weighted by atomic mass is 10.2. The molecule has 2 rings (SSSR count). The Kier molecular flexibility index (Phi) is 3.89.